The van der Waals surface area contributed by atoms with Gasteiger partial charge in [0.15, 0.2) is 0 Å². The number of fused-ring (bicyclic) bond motifs is 1. The highest BCUT2D eigenvalue weighted by Crippen LogP contribution is 2.37. The Morgan fingerprint density at radius 3 is 2.64 bits per heavy atom. The molecule has 4 unspecified atom stereocenters. The quantitative estimate of drug-likeness (QED) is 0.563. The minimum Gasteiger partial charge on any atom is -0.0811 e. The van der Waals surface area contributed by atoms with E-state index in [1.807, 2.05) is 0 Å². The van der Waals surface area contributed by atoms with Gasteiger partial charge in [0.05, 0.1) is 0 Å². The van der Waals surface area contributed by atoms with E-state index in [9.17, 15) is 0 Å². The van der Waals surface area contributed by atoms with Gasteiger partial charge in [0.25, 0.3) is 0 Å². The largest absolute Gasteiger partial charge is 0.0811 e. The molecule has 1 aliphatic rings. The number of rotatable bonds is 5. The van der Waals surface area contributed by atoms with Crippen molar-refractivity contribution in [3.8, 4) is 0 Å². The van der Waals surface area contributed by atoms with E-state index in [4.69, 9.17) is 0 Å². The molecule has 22 heavy (non-hydrogen) atoms. The van der Waals surface area contributed by atoms with Gasteiger partial charge in [-0.1, -0.05) is 65.3 Å². The second-order valence-corrected chi connectivity index (χ2v) is 7.88. The van der Waals surface area contributed by atoms with Crippen LogP contribution >= 0.6 is 0 Å². The number of allylic oxidation sites excluding steroid dienone is 1. The van der Waals surface area contributed by atoms with Crippen LogP contribution < -0.4 is 0 Å². The average Bonchev–Trinajstić information content (AvgIpc) is 2.45. The molecule has 1 aromatic rings. The smallest absolute Gasteiger partial charge is 0.0182 e. The molecule has 0 nitrogen and oxygen atoms in total. The maximum atomic E-state index is 2.41. The van der Waals surface area contributed by atoms with Crippen LogP contribution in [0.15, 0.2) is 18.2 Å². The molecule has 0 N–H and O–H groups in total. The van der Waals surface area contributed by atoms with Gasteiger partial charge in [-0.15, -0.1) is 0 Å². The van der Waals surface area contributed by atoms with Crippen molar-refractivity contribution in [1.29, 1.82) is 0 Å². The van der Waals surface area contributed by atoms with E-state index in [1.165, 1.54) is 36.8 Å². The molecule has 0 fully saturated rings. The van der Waals surface area contributed by atoms with Gasteiger partial charge >= 0.3 is 0 Å². The molecule has 0 aliphatic heterocycles. The fourth-order valence-corrected chi connectivity index (χ4v) is 4.17. The molecule has 4 atom stereocenters. The molecule has 122 valence electrons. The molecular weight excluding hydrogens is 264 g/mol. The van der Waals surface area contributed by atoms with Gasteiger partial charge in [0.2, 0.25) is 0 Å². The SMILES string of the molecule is CCC(C)CC(C)/C=C/c1ccc2c(c1C)C(C)CC(C)C2. The first-order valence-electron chi connectivity index (χ1n) is 9.22. The van der Waals surface area contributed by atoms with Crippen LogP contribution in [0.3, 0.4) is 0 Å². The lowest BCUT2D eigenvalue weighted by Gasteiger charge is -2.29. The van der Waals surface area contributed by atoms with Crippen LogP contribution in [-0.4, -0.2) is 0 Å². The second kappa shape index (κ2) is 7.49. The Hall–Kier alpha value is -1.04. The monoisotopic (exact) mass is 298 g/mol. The minimum absolute atomic E-state index is 0.669. The zero-order valence-electron chi connectivity index (χ0n) is 15.4. The fourth-order valence-electron chi connectivity index (χ4n) is 4.17. The highest BCUT2D eigenvalue weighted by Gasteiger charge is 2.23. The van der Waals surface area contributed by atoms with Gasteiger partial charge in [-0.2, -0.15) is 0 Å². The molecule has 1 aliphatic carbocycles. The Labute approximate surface area is 138 Å². The molecule has 0 saturated heterocycles. The molecular formula is C22H34. The van der Waals surface area contributed by atoms with Crippen LogP contribution in [0.5, 0.6) is 0 Å². The third-order valence-corrected chi connectivity index (χ3v) is 5.54. The van der Waals surface area contributed by atoms with Crippen molar-refractivity contribution in [2.24, 2.45) is 17.8 Å². The summed E-state index contributed by atoms with van der Waals surface area (Å²) >= 11 is 0. The highest BCUT2D eigenvalue weighted by molar-refractivity contribution is 5.58. The second-order valence-electron chi connectivity index (χ2n) is 7.88. The molecule has 1 aromatic carbocycles. The van der Waals surface area contributed by atoms with Crippen molar-refractivity contribution in [3.05, 3.63) is 40.5 Å². The van der Waals surface area contributed by atoms with Gasteiger partial charge in [0, 0.05) is 0 Å². The van der Waals surface area contributed by atoms with E-state index in [-0.39, 0.29) is 0 Å². The summed E-state index contributed by atoms with van der Waals surface area (Å²) in [6.07, 6.45) is 9.96. The normalized spacial score (nSPS) is 24.3. The maximum absolute atomic E-state index is 2.41. The summed E-state index contributed by atoms with van der Waals surface area (Å²) in [6, 6.07) is 4.72. The predicted octanol–water partition coefficient (Wildman–Crippen LogP) is 6.77. The van der Waals surface area contributed by atoms with E-state index in [0.717, 1.165) is 11.8 Å². The average molecular weight is 299 g/mol. The topological polar surface area (TPSA) is 0 Å². The van der Waals surface area contributed by atoms with Crippen molar-refractivity contribution in [1.82, 2.24) is 0 Å². The van der Waals surface area contributed by atoms with Gasteiger partial charge in [-0.05, 0) is 72.1 Å². The standard InChI is InChI=1S/C22H34/c1-7-15(2)12-16(3)8-9-20-10-11-21-14-17(4)13-18(5)22(21)19(20)6/h8-11,15-18H,7,12-14H2,1-6H3/b9-8+. The van der Waals surface area contributed by atoms with Crippen LogP contribution in [0.25, 0.3) is 6.08 Å². The molecule has 0 heterocycles. The Balaban J connectivity index is 2.18. The molecule has 0 aromatic heterocycles. The third-order valence-electron chi connectivity index (χ3n) is 5.54. The summed E-state index contributed by atoms with van der Waals surface area (Å²) < 4.78 is 0. The Morgan fingerprint density at radius 2 is 1.95 bits per heavy atom. The van der Waals surface area contributed by atoms with Gasteiger partial charge in [-0.3, -0.25) is 0 Å². The molecule has 0 heteroatoms. The van der Waals surface area contributed by atoms with E-state index < -0.39 is 0 Å². The third kappa shape index (κ3) is 4.03. The van der Waals surface area contributed by atoms with Crippen molar-refractivity contribution >= 4 is 6.08 Å². The summed E-state index contributed by atoms with van der Waals surface area (Å²) in [5.41, 5.74) is 6.17. The zero-order valence-corrected chi connectivity index (χ0v) is 15.4. The lowest BCUT2D eigenvalue weighted by Crippen LogP contribution is -2.16. The molecule has 0 saturated carbocycles. The number of benzene rings is 1. The number of hydrogen-bond donors (Lipinski definition) is 0. The fraction of sp³-hybridized carbons (Fsp3) is 0.636. The van der Waals surface area contributed by atoms with Crippen molar-refractivity contribution < 1.29 is 0 Å². The first-order chi connectivity index (χ1) is 10.4. The van der Waals surface area contributed by atoms with Gasteiger partial charge in [0.1, 0.15) is 0 Å². The molecule has 0 radical (unpaired) electrons. The van der Waals surface area contributed by atoms with E-state index >= 15 is 0 Å². The summed E-state index contributed by atoms with van der Waals surface area (Å²) in [7, 11) is 0. The van der Waals surface area contributed by atoms with Crippen LogP contribution in [0.1, 0.15) is 82.1 Å². The predicted molar refractivity (Wildman–Crippen MR) is 99.3 cm³/mol. The summed E-state index contributed by atoms with van der Waals surface area (Å²) in [5.74, 6) is 3.04. The van der Waals surface area contributed by atoms with E-state index in [0.29, 0.717) is 11.8 Å². The van der Waals surface area contributed by atoms with Crippen molar-refractivity contribution in [2.75, 3.05) is 0 Å². The van der Waals surface area contributed by atoms with Crippen LogP contribution in [-0.2, 0) is 6.42 Å². The first-order valence-corrected chi connectivity index (χ1v) is 9.22. The Kier molecular flexibility index (Phi) is 5.89. The minimum atomic E-state index is 0.669. The van der Waals surface area contributed by atoms with Crippen molar-refractivity contribution in [2.45, 2.75) is 73.1 Å². The number of hydrogen-bond acceptors (Lipinski definition) is 0. The van der Waals surface area contributed by atoms with Gasteiger partial charge < -0.3 is 0 Å². The van der Waals surface area contributed by atoms with Crippen molar-refractivity contribution in [3.63, 3.8) is 0 Å². The van der Waals surface area contributed by atoms with Crippen LogP contribution in [0.4, 0.5) is 0 Å². The lowest BCUT2D eigenvalue weighted by atomic mass is 9.75. The zero-order chi connectivity index (χ0) is 16.3. The van der Waals surface area contributed by atoms with E-state index in [1.54, 1.807) is 11.1 Å². The Morgan fingerprint density at radius 1 is 1.23 bits per heavy atom. The van der Waals surface area contributed by atoms with Crippen LogP contribution in [0.2, 0.25) is 0 Å². The highest BCUT2D eigenvalue weighted by atomic mass is 14.3. The molecule has 0 bridgehead atoms. The molecule has 2 rings (SSSR count). The maximum Gasteiger partial charge on any atom is -0.0182 e. The summed E-state index contributed by atoms with van der Waals surface area (Å²) in [6.45, 7) is 14.1. The summed E-state index contributed by atoms with van der Waals surface area (Å²) in [4.78, 5) is 0. The summed E-state index contributed by atoms with van der Waals surface area (Å²) in [5, 5.41) is 0. The van der Waals surface area contributed by atoms with Crippen LogP contribution in [0, 0.1) is 24.7 Å². The molecule has 0 spiro atoms. The van der Waals surface area contributed by atoms with Gasteiger partial charge in [-0.25, -0.2) is 0 Å². The first kappa shape index (κ1) is 17.3. The lowest BCUT2D eigenvalue weighted by molar-refractivity contribution is 0.448. The van der Waals surface area contributed by atoms with E-state index in [2.05, 4.69) is 65.8 Å². The Bertz CT molecular complexity index is 523. The molecule has 0 amide bonds.